The van der Waals surface area contributed by atoms with Crippen molar-refractivity contribution in [1.29, 1.82) is 0 Å². The lowest BCUT2D eigenvalue weighted by Crippen LogP contribution is -2.19. The summed E-state index contributed by atoms with van der Waals surface area (Å²) < 4.78 is 73.7. The minimum atomic E-state index is -4.34. The van der Waals surface area contributed by atoms with E-state index in [0.29, 0.717) is 24.8 Å². The summed E-state index contributed by atoms with van der Waals surface area (Å²) in [6.45, 7) is 1.17. The Balaban J connectivity index is 0.000000176. The number of alkyl halides is 7. The standard InChI is InChI=1S/C16H13F3N2O2.C9H9NO2.C8H6BrF3/c17-16(18,19)13-3-1-11(2-4-13)10-20-8-7-12-9-14(21(22)23)5-6-15(12)20;11-10(12)9-5-4-7-2-1-3-8(7)6-9;9-5-6-1-3-7(4-2-6)8(10,11)12/h1-6,9H,7-8,10H2;4-6H,1-3H2;1-4H,5H2. The van der Waals surface area contributed by atoms with E-state index in [1.54, 1.807) is 24.3 Å². The van der Waals surface area contributed by atoms with Gasteiger partial charge in [0, 0.05) is 48.4 Å². The lowest BCUT2D eigenvalue weighted by Gasteiger charge is -2.19. The molecule has 7 nitrogen and oxygen atoms in total. The first-order valence-corrected chi connectivity index (χ1v) is 15.4. The van der Waals surface area contributed by atoms with Crippen molar-refractivity contribution in [3.63, 3.8) is 0 Å². The molecule has 0 atom stereocenters. The van der Waals surface area contributed by atoms with Crippen LogP contribution in [-0.4, -0.2) is 16.4 Å². The fourth-order valence-corrected chi connectivity index (χ4v) is 5.58. The fourth-order valence-electron chi connectivity index (χ4n) is 5.21. The van der Waals surface area contributed by atoms with Gasteiger partial charge in [0.2, 0.25) is 0 Å². The maximum Gasteiger partial charge on any atom is 0.416 e. The molecule has 0 radical (unpaired) electrons. The van der Waals surface area contributed by atoms with Crippen molar-refractivity contribution in [3.05, 3.63) is 144 Å². The van der Waals surface area contributed by atoms with Crippen LogP contribution in [0, 0.1) is 20.2 Å². The third kappa shape index (κ3) is 9.53. The molecule has 0 unspecified atom stereocenters. The van der Waals surface area contributed by atoms with Crippen LogP contribution in [0.2, 0.25) is 0 Å². The van der Waals surface area contributed by atoms with E-state index in [1.807, 2.05) is 11.0 Å². The Morgan fingerprint density at radius 3 is 1.64 bits per heavy atom. The number of nitrogens with zero attached hydrogens (tertiary/aromatic N) is 3. The first-order valence-electron chi connectivity index (χ1n) is 14.3. The Hall–Kier alpha value is -4.46. The molecule has 1 aliphatic carbocycles. The molecule has 0 saturated heterocycles. The maximum absolute atomic E-state index is 12.6. The van der Waals surface area contributed by atoms with Crippen molar-refractivity contribution in [1.82, 2.24) is 0 Å². The number of hydrogen-bond donors (Lipinski definition) is 0. The highest BCUT2D eigenvalue weighted by Gasteiger charge is 2.31. The van der Waals surface area contributed by atoms with Crippen LogP contribution >= 0.6 is 15.9 Å². The molecule has 1 heterocycles. The molecule has 0 saturated carbocycles. The predicted octanol–water partition coefficient (Wildman–Crippen LogP) is 9.86. The molecule has 0 bridgehead atoms. The quantitative estimate of drug-likeness (QED) is 0.0885. The number of hydrogen-bond acceptors (Lipinski definition) is 5. The van der Waals surface area contributed by atoms with Gasteiger partial charge >= 0.3 is 12.4 Å². The zero-order valence-electron chi connectivity index (χ0n) is 24.7. The van der Waals surface area contributed by atoms with E-state index < -0.39 is 28.4 Å². The molecule has 6 rings (SSSR count). The lowest BCUT2D eigenvalue weighted by atomic mass is 10.1. The molecular weight excluding hydrogens is 696 g/mol. The Kier molecular flexibility index (Phi) is 11.3. The summed E-state index contributed by atoms with van der Waals surface area (Å²) in [5, 5.41) is 21.8. The Bertz CT molecular complexity index is 1710. The van der Waals surface area contributed by atoms with E-state index in [-0.39, 0.29) is 16.3 Å². The summed E-state index contributed by atoms with van der Waals surface area (Å²) in [5.74, 6) is 0. The van der Waals surface area contributed by atoms with Gasteiger partial charge in [0.1, 0.15) is 0 Å². The van der Waals surface area contributed by atoms with Gasteiger partial charge in [-0.05, 0) is 83.8 Å². The first kappa shape index (κ1) is 35.4. The largest absolute Gasteiger partial charge is 0.416 e. The zero-order chi connectivity index (χ0) is 34.4. The van der Waals surface area contributed by atoms with Crippen LogP contribution in [0.1, 0.15) is 45.4 Å². The normalized spacial score (nSPS) is 13.5. The van der Waals surface area contributed by atoms with Crippen LogP contribution in [0.3, 0.4) is 0 Å². The minimum absolute atomic E-state index is 0.0557. The lowest BCUT2D eigenvalue weighted by molar-refractivity contribution is -0.385. The smallest absolute Gasteiger partial charge is 0.367 e. The summed E-state index contributed by atoms with van der Waals surface area (Å²) in [4.78, 5) is 22.4. The highest BCUT2D eigenvalue weighted by atomic mass is 79.9. The van der Waals surface area contributed by atoms with Crippen LogP contribution in [0.15, 0.2) is 84.9 Å². The maximum atomic E-state index is 12.6. The zero-order valence-corrected chi connectivity index (χ0v) is 26.2. The van der Waals surface area contributed by atoms with Crippen LogP contribution in [0.5, 0.6) is 0 Å². The second kappa shape index (κ2) is 15.0. The van der Waals surface area contributed by atoms with Gasteiger partial charge in [-0.15, -0.1) is 0 Å². The molecule has 2 aliphatic rings. The van der Waals surface area contributed by atoms with E-state index >= 15 is 0 Å². The number of nitro benzene ring substituents is 2. The molecule has 1 aliphatic heterocycles. The Morgan fingerprint density at radius 2 is 1.13 bits per heavy atom. The van der Waals surface area contributed by atoms with Crippen molar-refractivity contribution < 1.29 is 36.2 Å². The molecule has 0 fully saturated rings. The Morgan fingerprint density at radius 1 is 0.638 bits per heavy atom. The van der Waals surface area contributed by atoms with E-state index in [2.05, 4.69) is 15.9 Å². The average Bonchev–Trinajstić information content (AvgIpc) is 3.67. The van der Waals surface area contributed by atoms with Gasteiger partial charge in [-0.2, -0.15) is 26.3 Å². The van der Waals surface area contributed by atoms with E-state index in [0.717, 1.165) is 71.5 Å². The van der Waals surface area contributed by atoms with E-state index in [4.69, 9.17) is 0 Å². The number of anilines is 1. The van der Waals surface area contributed by atoms with E-state index in [9.17, 15) is 46.6 Å². The van der Waals surface area contributed by atoms with Crippen molar-refractivity contribution in [3.8, 4) is 0 Å². The molecule has 4 aromatic rings. The molecule has 14 heteroatoms. The van der Waals surface area contributed by atoms with Gasteiger partial charge < -0.3 is 4.90 Å². The van der Waals surface area contributed by atoms with Gasteiger partial charge in [-0.1, -0.05) is 46.3 Å². The molecule has 47 heavy (non-hydrogen) atoms. The predicted molar refractivity (Wildman–Crippen MR) is 168 cm³/mol. The van der Waals surface area contributed by atoms with Crippen LogP contribution in [-0.2, 0) is 43.5 Å². The summed E-state index contributed by atoms with van der Waals surface area (Å²) >= 11 is 3.15. The summed E-state index contributed by atoms with van der Waals surface area (Å²) in [5.41, 5.74) is 4.83. The molecule has 4 aromatic carbocycles. The second-order valence-corrected chi connectivity index (χ2v) is 11.4. The number of nitro groups is 2. The first-order chi connectivity index (χ1) is 22.2. The topological polar surface area (TPSA) is 89.5 Å². The molecule has 0 N–H and O–H groups in total. The van der Waals surface area contributed by atoms with Crippen molar-refractivity contribution >= 4 is 33.0 Å². The molecule has 248 valence electrons. The third-order valence-corrected chi connectivity index (χ3v) is 8.30. The van der Waals surface area contributed by atoms with Crippen molar-refractivity contribution in [2.45, 2.75) is 49.9 Å². The molecule has 0 amide bonds. The van der Waals surface area contributed by atoms with Gasteiger partial charge in [0.15, 0.2) is 0 Å². The number of aryl methyl sites for hydroxylation is 2. The average molecular weight is 724 g/mol. The van der Waals surface area contributed by atoms with Gasteiger partial charge in [0.25, 0.3) is 11.4 Å². The van der Waals surface area contributed by atoms with Gasteiger partial charge in [0.05, 0.1) is 21.0 Å². The third-order valence-electron chi connectivity index (χ3n) is 7.65. The fraction of sp³-hybridized carbons (Fsp3) is 0.273. The number of halogens is 7. The summed E-state index contributed by atoms with van der Waals surface area (Å²) in [6, 6.07) is 20.0. The number of non-ortho nitro benzene ring substituents is 2. The van der Waals surface area contributed by atoms with Crippen LogP contribution < -0.4 is 4.90 Å². The number of rotatable bonds is 5. The van der Waals surface area contributed by atoms with Gasteiger partial charge in [-0.25, -0.2) is 0 Å². The monoisotopic (exact) mass is 723 g/mol. The molecule has 0 spiro atoms. The van der Waals surface area contributed by atoms with E-state index in [1.165, 1.54) is 35.9 Å². The van der Waals surface area contributed by atoms with Crippen LogP contribution in [0.25, 0.3) is 0 Å². The second-order valence-electron chi connectivity index (χ2n) is 10.8. The minimum Gasteiger partial charge on any atom is -0.367 e. The molecular formula is C33H28BrF6N3O4. The summed E-state index contributed by atoms with van der Waals surface area (Å²) in [7, 11) is 0. The van der Waals surface area contributed by atoms with Crippen molar-refractivity contribution in [2.75, 3.05) is 11.4 Å². The number of benzene rings is 4. The van der Waals surface area contributed by atoms with Crippen molar-refractivity contribution in [2.24, 2.45) is 0 Å². The highest BCUT2D eigenvalue weighted by molar-refractivity contribution is 9.08. The highest BCUT2D eigenvalue weighted by Crippen LogP contribution is 2.34. The number of fused-ring (bicyclic) bond motifs is 2. The van der Waals surface area contributed by atoms with Gasteiger partial charge in [-0.3, -0.25) is 20.2 Å². The van der Waals surface area contributed by atoms with Crippen LogP contribution in [0.4, 0.5) is 43.4 Å². The Labute approximate surface area is 274 Å². The molecule has 0 aromatic heterocycles. The summed E-state index contributed by atoms with van der Waals surface area (Å²) in [6.07, 6.45) is -4.67. The SMILES string of the molecule is FC(F)(F)c1ccc(CBr)cc1.O=[N+]([O-])c1ccc2c(c1)CCC2.O=[N+]([O-])c1ccc2c(c1)CCN2Cc1ccc(C(F)(F)F)cc1.